The van der Waals surface area contributed by atoms with Crippen LogP contribution < -0.4 is 5.32 Å². The van der Waals surface area contributed by atoms with Gasteiger partial charge in [-0.25, -0.2) is 4.39 Å². The number of halogens is 2. The van der Waals surface area contributed by atoms with Crippen LogP contribution in [-0.2, 0) is 0 Å². The molecule has 0 aliphatic heterocycles. The summed E-state index contributed by atoms with van der Waals surface area (Å²) >= 11 is 5.65. The number of benzene rings is 1. The molecule has 1 N–H and O–H groups in total. The quantitative estimate of drug-likeness (QED) is 0.792. The van der Waals surface area contributed by atoms with Gasteiger partial charge < -0.3 is 5.32 Å². The van der Waals surface area contributed by atoms with Gasteiger partial charge in [0.15, 0.2) is 0 Å². The van der Waals surface area contributed by atoms with Crippen molar-refractivity contribution in [1.29, 1.82) is 0 Å². The van der Waals surface area contributed by atoms with Crippen LogP contribution in [0.15, 0.2) is 18.2 Å². The molecule has 1 rings (SSSR count). The van der Waals surface area contributed by atoms with Gasteiger partial charge in [0.05, 0.1) is 0 Å². The molecule has 0 saturated heterocycles. The van der Waals surface area contributed by atoms with Crippen molar-refractivity contribution in [3.8, 4) is 0 Å². The normalized spacial score (nSPS) is 12.9. The zero-order valence-electron chi connectivity index (χ0n) is 7.77. The second-order valence-corrected chi connectivity index (χ2v) is 3.35. The highest BCUT2D eigenvalue weighted by Crippen LogP contribution is 2.22. The summed E-state index contributed by atoms with van der Waals surface area (Å²) in [6, 6.07) is 4.84. The molecule has 72 valence electrons. The summed E-state index contributed by atoms with van der Waals surface area (Å²) in [5.41, 5.74) is 0.675. The molecule has 0 aliphatic rings. The lowest BCUT2D eigenvalue weighted by molar-refractivity contribution is 0.525. The topological polar surface area (TPSA) is 12.0 Å². The van der Waals surface area contributed by atoms with E-state index in [0.717, 1.165) is 6.42 Å². The minimum atomic E-state index is -0.242. The molecule has 0 bridgehead atoms. The van der Waals surface area contributed by atoms with Crippen LogP contribution >= 0.6 is 11.6 Å². The molecule has 1 nitrogen and oxygen atoms in total. The third kappa shape index (κ3) is 2.42. The van der Waals surface area contributed by atoms with E-state index in [9.17, 15) is 4.39 Å². The molecule has 0 fully saturated rings. The van der Waals surface area contributed by atoms with Crippen LogP contribution in [0, 0.1) is 5.82 Å². The van der Waals surface area contributed by atoms with Crippen molar-refractivity contribution >= 4 is 11.6 Å². The molecule has 0 spiro atoms. The fourth-order valence-electron chi connectivity index (χ4n) is 1.36. The Labute approximate surface area is 82.9 Å². The lowest BCUT2D eigenvalue weighted by Crippen LogP contribution is -2.16. The smallest absolute Gasteiger partial charge is 0.129 e. The Bertz CT molecular complexity index is 284. The molecule has 1 atom stereocenters. The molecule has 13 heavy (non-hydrogen) atoms. The van der Waals surface area contributed by atoms with Gasteiger partial charge in [-0.05, 0) is 25.6 Å². The van der Waals surface area contributed by atoms with Crippen molar-refractivity contribution in [1.82, 2.24) is 5.32 Å². The lowest BCUT2D eigenvalue weighted by Gasteiger charge is -2.14. The second kappa shape index (κ2) is 4.58. The zero-order chi connectivity index (χ0) is 9.84. The Morgan fingerprint density at radius 1 is 1.54 bits per heavy atom. The first-order chi connectivity index (χ1) is 6.19. The van der Waals surface area contributed by atoms with Gasteiger partial charge in [-0.1, -0.05) is 24.6 Å². The van der Waals surface area contributed by atoms with Gasteiger partial charge in [0.2, 0.25) is 0 Å². The highest BCUT2D eigenvalue weighted by atomic mass is 35.5. The van der Waals surface area contributed by atoms with Gasteiger partial charge in [0.1, 0.15) is 5.82 Å². The predicted molar refractivity (Wildman–Crippen MR) is 53.5 cm³/mol. The first-order valence-electron chi connectivity index (χ1n) is 4.31. The highest BCUT2D eigenvalue weighted by Gasteiger charge is 2.11. The molecule has 0 heterocycles. The maximum atomic E-state index is 13.4. The van der Waals surface area contributed by atoms with Gasteiger partial charge in [-0.15, -0.1) is 0 Å². The van der Waals surface area contributed by atoms with E-state index in [-0.39, 0.29) is 11.9 Å². The molecule has 0 radical (unpaired) electrons. The van der Waals surface area contributed by atoms with E-state index in [2.05, 4.69) is 5.32 Å². The van der Waals surface area contributed by atoms with Crippen LogP contribution in [0.1, 0.15) is 24.9 Å². The second-order valence-electron chi connectivity index (χ2n) is 2.92. The van der Waals surface area contributed by atoms with E-state index in [4.69, 9.17) is 11.6 Å². The highest BCUT2D eigenvalue weighted by molar-refractivity contribution is 6.30. The first-order valence-corrected chi connectivity index (χ1v) is 4.69. The summed E-state index contributed by atoms with van der Waals surface area (Å²) in [4.78, 5) is 0. The Balaban J connectivity index is 2.99. The molecule has 0 aliphatic carbocycles. The summed E-state index contributed by atoms with van der Waals surface area (Å²) < 4.78 is 13.4. The molecule has 3 heteroatoms. The lowest BCUT2D eigenvalue weighted by atomic mass is 10.0. The van der Waals surface area contributed by atoms with Crippen molar-refractivity contribution in [2.24, 2.45) is 0 Å². The van der Waals surface area contributed by atoms with Gasteiger partial charge in [-0.2, -0.15) is 0 Å². The van der Waals surface area contributed by atoms with Crippen LogP contribution in [-0.4, -0.2) is 7.05 Å². The van der Waals surface area contributed by atoms with Crippen LogP contribution in [0.4, 0.5) is 4.39 Å². The SMILES string of the molecule is CCC(NC)c1ccc(Cl)cc1F. The third-order valence-electron chi connectivity index (χ3n) is 2.09. The Kier molecular flexibility index (Phi) is 3.70. The Hall–Kier alpha value is -0.600. The molecule has 0 saturated carbocycles. The monoisotopic (exact) mass is 201 g/mol. The fourth-order valence-corrected chi connectivity index (χ4v) is 1.52. The zero-order valence-corrected chi connectivity index (χ0v) is 8.53. The summed E-state index contributed by atoms with van der Waals surface area (Å²) in [5.74, 6) is -0.242. The van der Waals surface area contributed by atoms with Gasteiger partial charge in [0, 0.05) is 16.6 Å². The van der Waals surface area contributed by atoms with Crippen molar-refractivity contribution in [3.05, 3.63) is 34.6 Å². The largest absolute Gasteiger partial charge is 0.313 e. The number of nitrogens with one attached hydrogen (secondary N) is 1. The standard InChI is InChI=1S/C10H13ClFN/c1-3-10(13-2)8-5-4-7(11)6-9(8)12/h4-6,10,13H,3H2,1-2H3. The molecule has 1 aromatic rings. The van der Waals surface area contributed by atoms with Crippen LogP contribution in [0.3, 0.4) is 0 Å². The maximum absolute atomic E-state index is 13.4. The van der Waals surface area contributed by atoms with Gasteiger partial charge >= 0.3 is 0 Å². The van der Waals surface area contributed by atoms with E-state index >= 15 is 0 Å². The van der Waals surface area contributed by atoms with Gasteiger partial charge in [-0.3, -0.25) is 0 Å². The molecule has 0 aromatic heterocycles. The van der Waals surface area contributed by atoms with E-state index < -0.39 is 0 Å². The van der Waals surface area contributed by atoms with Crippen molar-refractivity contribution in [2.75, 3.05) is 7.05 Å². The minimum Gasteiger partial charge on any atom is -0.313 e. The predicted octanol–water partition coefficient (Wildman–Crippen LogP) is 3.15. The average molecular weight is 202 g/mol. The molecular formula is C10H13ClFN. The summed E-state index contributed by atoms with van der Waals surface area (Å²) in [5, 5.41) is 3.48. The summed E-state index contributed by atoms with van der Waals surface area (Å²) in [6.07, 6.45) is 0.856. The van der Waals surface area contributed by atoms with Crippen LogP contribution in [0.25, 0.3) is 0 Å². The Morgan fingerprint density at radius 3 is 2.69 bits per heavy atom. The molecule has 1 unspecified atom stereocenters. The van der Waals surface area contributed by atoms with Gasteiger partial charge in [0.25, 0.3) is 0 Å². The molecule has 0 amide bonds. The maximum Gasteiger partial charge on any atom is 0.129 e. The van der Waals surface area contributed by atoms with E-state index in [1.165, 1.54) is 6.07 Å². The van der Waals surface area contributed by atoms with Crippen molar-refractivity contribution in [2.45, 2.75) is 19.4 Å². The third-order valence-corrected chi connectivity index (χ3v) is 2.33. The number of rotatable bonds is 3. The first kappa shape index (κ1) is 10.5. The summed E-state index contributed by atoms with van der Waals surface area (Å²) in [6.45, 7) is 2.01. The average Bonchev–Trinajstić information content (AvgIpc) is 2.10. The number of hydrogen-bond donors (Lipinski definition) is 1. The van der Waals surface area contributed by atoms with Crippen molar-refractivity contribution in [3.63, 3.8) is 0 Å². The minimum absolute atomic E-state index is 0.0669. The number of hydrogen-bond acceptors (Lipinski definition) is 1. The Morgan fingerprint density at radius 2 is 2.23 bits per heavy atom. The van der Waals surface area contributed by atoms with Crippen LogP contribution in [0.2, 0.25) is 5.02 Å². The molecular weight excluding hydrogens is 189 g/mol. The van der Waals surface area contributed by atoms with Crippen LogP contribution in [0.5, 0.6) is 0 Å². The van der Waals surface area contributed by atoms with E-state index in [1.807, 2.05) is 14.0 Å². The molecule has 1 aromatic carbocycles. The fraction of sp³-hybridized carbons (Fsp3) is 0.400. The summed E-state index contributed by atoms with van der Waals surface area (Å²) in [7, 11) is 1.82. The van der Waals surface area contributed by atoms with E-state index in [0.29, 0.717) is 10.6 Å². The van der Waals surface area contributed by atoms with Crippen molar-refractivity contribution < 1.29 is 4.39 Å². The van der Waals surface area contributed by atoms with E-state index in [1.54, 1.807) is 12.1 Å².